The van der Waals surface area contributed by atoms with Crippen LogP contribution < -0.4 is 0 Å². The van der Waals surface area contributed by atoms with Gasteiger partial charge in [0.15, 0.2) is 0 Å². The Bertz CT molecular complexity index is 633. The Morgan fingerprint density at radius 1 is 1.12 bits per heavy atom. The van der Waals surface area contributed by atoms with Gasteiger partial charge >= 0.3 is 0 Å². The lowest BCUT2D eigenvalue weighted by atomic mass is 10.1. The predicted octanol–water partition coefficient (Wildman–Crippen LogP) is 1.81. The fourth-order valence-electron chi connectivity index (χ4n) is 1.88. The third kappa shape index (κ3) is 1.68. The summed E-state index contributed by atoms with van der Waals surface area (Å²) in [4.78, 5) is 4.01. The molecule has 84 valence electrons. The maximum Gasteiger partial charge on any atom is 0.109 e. The van der Waals surface area contributed by atoms with E-state index in [-0.39, 0.29) is 0 Å². The van der Waals surface area contributed by atoms with Crippen LogP contribution in [0.3, 0.4) is 0 Å². The van der Waals surface area contributed by atoms with E-state index >= 15 is 0 Å². The molecule has 17 heavy (non-hydrogen) atoms. The molecule has 0 aromatic carbocycles. The molecule has 0 amide bonds. The van der Waals surface area contributed by atoms with Crippen molar-refractivity contribution in [2.45, 2.75) is 6.10 Å². The van der Waals surface area contributed by atoms with Crippen LogP contribution in [0.4, 0.5) is 0 Å². The third-order valence-corrected chi connectivity index (χ3v) is 2.75. The minimum atomic E-state index is -0.691. The summed E-state index contributed by atoms with van der Waals surface area (Å²) in [5.41, 5.74) is 2.47. The highest BCUT2D eigenvalue weighted by molar-refractivity contribution is 5.56. The third-order valence-electron chi connectivity index (χ3n) is 2.75. The molecule has 0 saturated carbocycles. The van der Waals surface area contributed by atoms with Crippen LogP contribution in [0.25, 0.3) is 5.52 Å². The zero-order chi connectivity index (χ0) is 11.7. The smallest absolute Gasteiger partial charge is 0.109 e. The summed E-state index contributed by atoms with van der Waals surface area (Å²) in [6.07, 6.45) is 6.20. The highest BCUT2D eigenvalue weighted by Gasteiger charge is 2.15. The van der Waals surface area contributed by atoms with E-state index in [1.54, 1.807) is 23.1 Å². The molecule has 3 heterocycles. The van der Waals surface area contributed by atoms with Gasteiger partial charge in [-0.1, -0.05) is 12.1 Å². The lowest BCUT2D eigenvalue weighted by molar-refractivity contribution is 0.221. The van der Waals surface area contributed by atoms with E-state index in [0.29, 0.717) is 0 Å². The van der Waals surface area contributed by atoms with Crippen LogP contribution in [0.2, 0.25) is 0 Å². The molecule has 1 N–H and O–H groups in total. The zero-order valence-electron chi connectivity index (χ0n) is 9.06. The van der Waals surface area contributed by atoms with Crippen molar-refractivity contribution in [3.05, 3.63) is 66.2 Å². The van der Waals surface area contributed by atoms with Gasteiger partial charge in [0.1, 0.15) is 6.10 Å². The van der Waals surface area contributed by atoms with Crippen LogP contribution in [0.15, 0.2) is 55.1 Å². The zero-order valence-corrected chi connectivity index (χ0v) is 9.06. The van der Waals surface area contributed by atoms with Crippen molar-refractivity contribution in [1.82, 2.24) is 14.6 Å². The number of fused-ring (bicyclic) bond motifs is 1. The van der Waals surface area contributed by atoms with Crippen LogP contribution in [0.1, 0.15) is 17.2 Å². The molecule has 3 aromatic heterocycles. The molecule has 1 atom stereocenters. The fraction of sp³-hybridized carbons (Fsp3) is 0.0769. The summed E-state index contributed by atoms with van der Waals surface area (Å²) in [7, 11) is 0. The van der Waals surface area contributed by atoms with Gasteiger partial charge < -0.3 is 5.11 Å². The first-order valence-corrected chi connectivity index (χ1v) is 5.36. The quantitative estimate of drug-likeness (QED) is 0.723. The van der Waals surface area contributed by atoms with Crippen LogP contribution in [0, 0.1) is 0 Å². The molecule has 4 nitrogen and oxygen atoms in total. The van der Waals surface area contributed by atoms with Crippen LogP contribution in [0.5, 0.6) is 0 Å². The van der Waals surface area contributed by atoms with Crippen LogP contribution >= 0.6 is 0 Å². The summed E-state index contributed by atoms with van der Waals surface area (Å²) in [6, 6.07) is 9.42. The van der Waals surface area contributed by atoms with Crippen LogP contribution in [-0.4, -0.2) is 19.7 Å². The second kappa shape index (κ2) is 3.99. The normalized spacial score (nSPS) is 12.8. The highest BCUT2D eigenvalue weighted by Crippen LogP contribution is 2.24. The van der Waals surface area contributed by atoms with Gasteiger partial charge in [0.05, 0.1) is 11.7 Å². The van der Waals surface area contributed by atoms with E-state index in [9.17, 15) is 5.11 Å². The molecule has 3 aromatic rings. The second-order valence-corrected chi connectivity index (χ2v) is 3.82. The van der Waals surface area contributed by atoms with Crippen molar-refractivity contribution in [3.63, 3.8) is 0 Å². The molecule has 4 heteroatoms. The Morgan fingerprint density at radius 3 is 2.88 bits per heavy atom. The summed E-state index contributed by atoms with van der Waals surface area (Å²) in [5.74, 6) is 0. The van der Waals surface area contributed by atoms with Crippen molar-refractivity contribution in [3.8, 4) is 0 Å². The largest absolute Gasteiger partial charge is 0.383 e. The molecule has 0 saturated heterocycles. The Morgan fingerprint density at radius 2 is 2.06 bits per heavy atom. The number of nitrogens with zero attached hydrogens (tertiary/aromatic N) is 3. The number of hydrogen-bond acceptors (Lipinski definition) is 3. The van der Waals surface area contributed by atoms with E-state index in [1.807, 2.05) is 36.5 Å². The number of pyridine rings is 2. The van der Waals surface area contributed by atoms with Gasteiger partial charge in [-0.15, -0.1) is 0 Å². The van der Waals surface area contributed by atoms with Gasteiger partial charge in [0, 0.05) is 29.7 Å². The number of aromatic nitrogens is 3. The van der Waals surface area contributed by atoms with Crippen molar-refractivity contribution in [1.29, 1.82) is 0 Å². The average Bonchev–Trinajstić information content (AvgIpc) is 2.83. The van der Waals surface area contributed by atoms with Gasteiger partial charge in [-0.05, 0) is 18.2 Å². The lowest BCUT2D eigenvalue weighted by Gasteiger charge is -2.08. The monoisotopic (exact) mass is 225 g/mol. The molecular formula is C13H11N3O. The number of aliphatic hydroxyl groups is 1. The fourth-order valence-corrected chi connectivity index (χ4v) is 1.88. The minimum Gasteiger partial charge on any atom is -0.383 e. The van der Waals surface area contributed by atoms with Crippen molar-refractivity contribution in [2.75, 3.05) is 0 Å². The van der Waals surface area contributed by atoms with E-state index in [2.05, 4.69) is 10.1 Å². The molecule has 3 rings (SSSR count). The molecule has 0 aliphatic heterocycles. The van der Waals surface area contributed by atoms with Crippen molar-refractivity contribution < 1.29 is 5.11 Å². The number of hydrogen-bond donors (Lipinski definition) is 1. The molecule has 0 radical (unpaired) electrons. The van der Waals surface area contributed by atoms with E-state index in [0.717, 1.165) is 16.6 Å². The van der Waals surface area contributed by atoms with E-state index < -0.39 is 6.10 Å². The Labute approximate surface area is 98.2 Å². The summed E-state index contributed by atoms with van der Waals surface area (Å²) in [6.45, 7) is 0. The van der Waals surface area contributed by atoms with E-state index in [4.69, 9.17) is 0 Å². The Hall–Kier alpha value is -2.20. The van der Waals surface area contributed by atoms with Gasteiger partial charge in [-0.2, -0.15) is 5.10 Å². The van der Waals surface area contributed by atoms with Gasteiger partial charge in [0.2, 0.25) is 0 Å². The summed E-state index contributed by atoms with van der Waals surface area (Å²) >= 11 is 0. The molecule has 1 unspecified atom stereocenters. The summed E-state index contributed by atoms with van der Waals surface area (Å²) < 4.78 is 1.74. The van der Waals surface area contributed by atoms with E-state index in [1.165, 1.54) is 0 Å². The lowest BCUT2D eigenvalue weighted by Crippen LogP contribution is -1.99. The highest BCUT2D eigenvalue weighted by atomic mass is 16.3. The number of rotatable bonds is 2. The Kier molecular flexibility index (Phi) is 2.34. The first-order valence-electron chi connectivity index (χ1n) is 5.36. The van der Waals surface area contributed by atoms with Gasteiger partial charge in [-0.3, -0.25) is 4.98 Å². The number of aliphatic hydroxyl groups excluding tert-OH is 1. The topological polar surface area (TPSA) is 50.4 Å². The minimum absolute atomic E-state index is 0.691. The molecule has 0 bridgehead atoms. The van der Waals surface area contributed by atoms with Crippen LogP contribution in [-0.2, 0) is 0 Å². The maximum atomic E-state index is 10.3. The molecule has 0 spiro atoms. The first kappa shape index (κ1) is 9.99. The van der Waals surface area contributed by atoms with Gasteiger partial charge in [-0.25, -0.2) is 4.52 Å². The summed E-state index contributed by atoms with van der Waals surface area (Å²) in [5, 5.41) is 14.5. The van der Waals surface area contributed by atoms with Crippen molar-refractivity contribution in [2.24, 2.45) is 0 Å². The standard InChI is InChI=1S/C13H11N3O/c17-13(10-4-3-6-14-8-10)11-9-15-16-7-2-1-5-12(11)16/h1-9,13,17H. The Balaban J connectivity index is 2.10. The second-order valence-electron chi connectivity index (χ2n) is 3.82. The molecule has 0 aliphatic carbocycles. The molecular weight excluding hydrogens is 214 g/mol. The molecule has 0 aliphatic rings. The first-order chi connectivity index (χ1) is 8.36. The molecule has 0 fully saturated rings. The average molecular weight is 225 g/mol. The van der Waals surface area contributed by atoms with Crippen molar-refractivity contribution >= 4 is 5.52 Å². The van der Waals surface area contributed by atoms with Gasteiger partial charge in [0.25, 0.3) is 0 Å². The maximum absolute atomic E-state index is 10.3. The SMILES string of the molecule is OC(c1cccnc1)c1cnn2ccccc12. The predicted molar refractivity (Wildman–Crippen MR) is 63.5 cm³/mol.